The largest absolute Gasteiger partial charge is 0.450 e. The number of nitrogens with one attached hydrogen (secondary N) is 1. The lowest BCUT2D eigenvalue weighted by Crippen LogP contribution is -2.50. The van der Waals surface area contributed by atoms with Crippen LogP contribution in [0.4, 0.5) is 4.79 Å². The van der Waals surface area contributed by atoms with Gasteiger partial charge in [0.2, 0.25) is 20.0 Å². The fourth-order valence-electron chi connectivity index (χ4n) is 2.58. The van der Waals surface area contributed by atoms with E-state index < -0.39 is 26.1 Å². The number of sulfonamides is 2. The van der Waals surface area contributed by atoms with Gasteiger partial charge in [-0.3, -0.25) is 0 Å². The minimum Gasteiger partial charge on any atom is -0.450 e. The third-order valence-corrected chi connectivity index (χ3v) is 6.59. The van der Waals surface area contributed by atoms with Gasteiger partial charge >= 0.3 is 6.09 Å². The van der Waals surface area contributed by atoms with Crippen LogP contribution in [0.15, 0.2) is 0 Å². The number of carbonyl (C=O) groups excluding carboxylic acids is 1. The van der Waals surface area contributed by atoms with E-state index in [4.69, 9.17) is 4.74 Å². The van der Waals surface area contributed by atoms with Crippen molar-refractivity contribution >= 4 is 26.1 Å². The molecular formula is C13H27N3O6S2. The van der Waals surface area contributed by atoms with Gasteiger partial charge in [0.05, 0.1) is 18.6 Å². The summed E-state index contributed by atoms with van der Waals surface area (Å²) in [7, 11) is -6.83. The average Bonchev–Trinajstić information content (AvgIpc) is 2.51. The van der Waals surface area contributed by atoms with E-state index in [0.29, 0.717) is 32.5 Å². The van der Waals surface area contributed by atoms with Crippen LogP contribution in [-0.4, -0.2) is 83.0 Å². The SMILES string of the molecule is CCOC(=O)N1CCC(N(CCNS(=O)(=O)CC)S(C)(=O)=O)CC1. The topological polar surface area (TPSA) is 113 Å². The van der Waals surface area contributed by atoms with Crippen LogP contribution in [-0.2, 0) is 24.8 Å². The molecule has 1 aliphatic rings. The minimum absolute atomic E-state index is 0.0291. The first-order valence-electron chi connectivity index (χ1n) is 7.96. The van der Waals surface area contributed by atoms with Crippen LogP contribution in [0.1, 0.15) is 26.7 Å². The van der Waals surface area contributed by atoms with Gasteiger partial charge in [-0.1, -0.05) is 0 Å². The van der Waals surface area contributed by atoms with Crippen molar-refractivity contribution in [2.45, 2.75) is 32.7 Å². The molecule has 1 heterocycles. The minimum atomic E-state index is -3.47. The number of likely N-dealkylation sites (tertiary alicyclic amines) is 1. The summed E-state index contributed by atoms with van der Waals surface area (Å²) in [4.78, 5) is 13.2. The van der Waals surface area contributed by atoms with E-state index in [-0.39, 0.29) is 24.9 Å². The van der Waals surface area contributed by atoms with Crippen LogP contribution in [0.5, 0.6) is 0 Å². The fourth-order valence-corrected chi connectivity index (χ4v) is 4.37. The van der Waals surface area contributed by atoms with E-state index in [9.17, 15) is 21.6 Å². The number of hydrogen-bond donors (Lipinski definition) is 1. The van der Waals surface area contributed by atoms with Crippen molar-refractivity contribution in [1.82, 2.24) is 13.9 Å². The zero-order valence-corrected chi connectivity index (χ0v) is 16.0. The smallest absolute Gasteiger partial charge is 0.409 e. The Morgan fingerprint density at radius 1 is 1.21 bits per heavy atom. The van der Waals surface area contributed by atoms with Crippen molar-refractivity contribution in [3.8, 4) is 0 Å². The van der Waals surface area contributed by atoms with Crippen molar-refractivity contribution in [3.05, 3.63) is 0 Å². The number of nitrogens with zero attached hydrogens (tertiary/aromatic N) is 2. The van der Waals surface area contributed by atoms with E-state index in [1.807, 2.05) is 0 Å². The van der Waals surface area contributed by atoms with Crippen molar-refractivity contribution in [2.24, 2.45) is 0 Å². The summed E-state index contributed by atoms with van der Waals surface area (Å²) in [6.45, 7) is 4.47. The van der Waals surface area contributed by atoms with Crippen molar-refractivity contribution in [2.75, 3.05) is 44.8 Å². The molecule has 0 bridgehead atoms. The summed E-state index contributed by atoms with van der Waals surface area (Å²) in [5, 5.41) is 0. The van der Waals surface area contributed by atoms with Gasteiger partial charge in [0, 0.05) is 32.2 Å². The second kappa shape index (κ2) is 8.97. The Balaban J connectivity index is 2.63. The van der Waals surface area contributed by atoms with Gasteiger partial charge in [-0.2, -0.15) is 4.31 Å². The summed E-state index contributed by atoms with van der Waals surface area (Å²) in [6.07, 6.45) is 1.70. The molecule has 1 amide bonds. The second-order valence-electron chi connectivity index (χ2n) is 5.59. The van der Waals surface area contributed by atoms with Gasteiger partial charge in [-0.05, 0) is 26.7 Å². The normalized spacial score (nSPS) is 17.2. The molecule has 24 heavy (non-hydrogen) atoms. The second-order valence-corrected chi connectivity index (χ2v) is 9.62. The van der Waals surface area contributed by atoms with E-state index in [1.165, 1.54) is 11.2 Å². The third kappa shape index (κ3) is 6.54. The molecule has 11 heteroatoms. The zero-order valence-electron chi connectivity index (χ0n) is 14.4. The predicted octanol–water partition coefficient (Wildman–Crippen LogP) is -0.192. The highest BCUT2D eigenvalue weighted by Gasteiger charge is 2.31. The lowest BCUT2D eigenvalue weighted by molar-refractivity contribution is 0.0887. The number of rotatable bonds is 8. The maximum absolute atomic E-state index is 12.0. The summed E-state index contributed by atoms with van der Waals surface area (Å²) >= 11 is 0. The van der Waals surface area contributed by atoms with E-state index >= 15 is 0 Å². The van der Waals surface area contributed by atoms with Gasteiger partial charge in [0.15, 0.2) is 0 Å². The lowest BCUT2D eigenvalue weighted by Gasteiger charge is -2.36. The molecule has 0 aromatic heterocycles. The first kappa shape index (κ1) is 21.1. The molecule has 0 atom stereocenters. The van der Waals surface area contributed by atoms with Crippen molar-refractivity contribution in [1.29, 1.82) is 0 Å². The van der Waals surface area contributed by atoms with Gasteiger partial charge in [0.1, 0.15) is 0 Å². The van der Waals surface area contributed by atoms with Crippen molar-refractivity contribution < 1.29 is 26.4 Å². The molecule has 1 N–H and O–H groups in total. The monoisotopic (exact) mass is 385 g/mol. The maximum atomic E-state index is 12.0. The van der Waals surface area contributed by atoms with Crippen molar-refractivity contribution in [3.63, 3.8) is 0 Å². The Hall–Kier alpha value is -0.910. The molecule has 1 saturated heterocycles. The lowest BCUT2D eigenvalue weighted by atomic mass is 10.1. The number of ether oxygens (including phenoxy) is 1. The molecule has 0 radical (unpaired) electrons. The molecule has 0 unspecified atom stereocenters. The van der Waals surface area contributed by atoms with E-state index in [1.54, 1.807) is 11.8 Å². The molecule has 9 nitrogen and oxygen atoms in total. The molecule has 1 rings (SSSR count). The molecular weight excluding hydrogens is 358 g/mol. The number of hydrogen-bond acceptors (Lipinski definition) is 6. The summed E-state index contributed by atoms with van der Waals surface area (Å²) in [6, 6.07) is -0.253. The highest BCUT2D eigenvalue weighted by Crippen LogP contribution is 2.19. The Kier molecular flexibility index (Phi) is 7.90. The van der Waals surface area contributed by atoms with Crippen LogP contribution < -0.4 is 4.72 Å². The number of amides is 1. The maximum Gasteiger partial charge on any atom is 0.409 e. The molecule has 0 aromatic rings. The summed E-state index contributed by atoms with van der Waals surface area (Å²) in [5.41, 5.74) is 0. The molecule has 1 fully saturated rings. The van der Waals surface area contributed by atoms with Gasteiger partial charge in [0.25, 0.3) is 0 Å². The summed E-state index contributed by atoms with van der Waals surface area (Å²) in [5.74, 6) is -0.0518. The number of carbonyl (C=O) groups is 1. The molecule has 1 aliphatic heterocycles. The first-order chi connectivity index (χ1) is 11.1. The standard InChI is InChI=1S/C13H27N3O6S2/c1-4-22-13(17)15-9-6-12(7-10-15)16(23(3,18)19)11-8-14-24(20,21)5-2/h12,14H,4-11H2,1-3H3. The molecule has 0 aliphatic carbocycles. The third-order valence-electron chi connectivity index (χ3n) is 3.86. The van der Waals surface area contributed by atoms with Crippen LogP contribution in [0, 0.1) is 0 Å². The van der Waals surface area contributed by atoms with Gasteiger partial charge < -0.3 is 9.64 Å². The van der Waals surface area contributed by atoms with Crippen LogP contribution in [0.25, 0.3) is 0 Å². The van der Waals surface area contributed by atoms with E-state index in [2.05, 4.69) is 4.72 Å². The highest BCUT2D eigenvalue weighted by molar-refractivity contribution is 7.89. The quantitative estimate of drug-likeness (QED) is 0.619. The van der Waals surface area contributed by atoms with Gasteiger partial charge in [-0.15, -0.1) is 0 Å². The fraction of sp³-hybridized carbons (Fsp3) is 0.923. The Labute approximate surface area is 144 Å². The van der Waals surface area contributed by atoms with Crippen LogP contribution in [0.2, 0.25) is 0 Å². The molecule has 0 saturated carbocycles. The molecule has 0 spiro atoms. The molecule has 142 valence electrons. The average molecular weight is 386 g/mol. The number of piperidine rings is 1. The van der Waals surface area contributed by atoms with Crippen LogP contribution in [0.3, 0.4) is 0 Å². The Morgan fingerprint density at radius 2 is 1.79 bits per heavy atom. The van der Waals surface area contributed by atoms with Gasteiger partial charge in [-0.25, -0.2) is 26.4 Å². The first-order valence-corrected chi connectivity index (χ1v) is 11.5. The molecule has 0 aromatic carbocycles. The zero-order chi connectivity index (χ0) is 18.4. The Morgan fingerprint density at radius 3 is 2.25 bits per heavy atom. The van der Waals surface area contributed by atoms with Crippen LogP contribution >= 0.6 is 0 Å². The highest BCUT2D eigenvalue weighted by atomic mass is 32.2. The predicted molar refractivity (Wildman–Crippen MR) is 90.6 cm³/mol. The summed E-state index contributed by atoms with van der Waals surface area (Å²) < 4.78 is 55.6. The Bertz CT molecular complexity index is 612. The van der Waals surface area contributed by atoms with E-state index in [0.717, 1.165) is 6.26 Å².